The van der Waals surface area contributed by atoms with Gasteiger partial charge in [0.05, 0.1) is 5.92 Å². The molecule has 4 aliphatic rings. The molecule has 6 nitrogen and oxygen atoms in total. The second-order valence-corrected chi connectivity index (χ2v) is 11.8. The van der Waals surface area contributed by atoms with Crippen molar-refractivity contribution in [2.45, 2.75) is 98.8 Å². The fourth-order valence-electron chi connectivity index (χ4n) is 6.38. The molecular formula is C29H48N2O4. The molecule has 0 spiro atoms. The number of rotatable bonds is 12. The highest BCUT2D eigenvalue weighted by atomic mass is 16.7. The van der Waals surface area contributed by atoms with E-state index in [1.165, 1.54) is 43.3 Å². The van der Waals surface area contributed by atoms with Gasteiger partial charge in [-0.1, -0.05) is 37.1 Å². The van der Waals surface area contributed by atoms with Gasteiger partial charge in [0, 0.05) is 32.6 Å². The Kier molecular flexibility index (Phi) is 10.3. The first kappa shape index (κ1) is 27.8. The maximum absolute atomic E-state index is 13.0. The molecule has 0 radical (unpaired) electrons. The van der Waals surface area contributed by atoms with Crippen LogP contribution >= 0.6 is 0 Å². The number of carbonyl (C=O) groups is 2. The van der Waals surface area contributed by atoms with Crippen molar-refractivity contribution in [2.24, 2.45) is 29.6 Å². The number of ether oxygens (including phenoxy) is 2. The highest BCUT2D eigenvalue weighted by Gasteiger charge is 2.47. The number of nitrogens with one attached hydrogen (secondary N) is 1. The molecule has 1 amide bonds. The number of hydrogen-bond donors (Lipinski definition) is 1. The van der Waals surface area contributed by atoms with Crippen LogP contribution in [-0.4, -0.2) is 48.9 Å². The van der Waals surface area contributed by atoms with Gasteiger partial charge in [0.1, 0.15) is 0 Å². The Hall–Kier alpha value is -1.82. The average Bonchev–Trinajstić information content (AvgIpc) is 2.76. The van der Waals surface area contributed by atoms with E-state index < -0.39 is 12.4 Å². The van der Waals surface area contributed by atoms with E-state index in [0.29, 0.717) is 19.1 Å². The standard InChI is InChI=1S/C29H48N2O4/c1-19(2)8-7-9-21(5)10-12-31(29(33)35-22(6)34-28(32)20(3)4)13-11-30-27-25-15-23-14-24(17-25)18-26(27)16-23/h8,10,20,22-27,30H,7,9,11-18H2,1-6H3/b21-10+. The monoisotopic (exact) mass is 488 g/mol. The lowest BCUT2D eigenvalue weighted by Gasteiger charge is -2.54. The minimum atomic E-state index is -0.903. The van der Waals surface area contributed by atoms with Gasteiger partial charge < -0.3 is 19.7 Å². The van der Waals surface area contributed by atoms with Gasteiger partial charge >= 0.3 is 12.1 Å². The predicted molar refractivity (Wildman–Crippen MR) is 140 cm³/mol. The summed E-state index contributed by atoms with van der Waals surface area (Å²) < 4.78 is 10.7. The van der Waals surface area contributed by atoms with Crippen LogP contribution in [0.5, 0.6) is 0 Å². The number of nitrogens with zero attached hydrogens (tertiary/aromatic N) is 1. The van der Waals surface area contributed by atoms with Crippen LogP contribution in [0.2, 0.25) is 0 Å². The van der Waals surface area contributed by atoms with E-state index in [-0.39, 0.29) is 11.9 Å². The van der Waals surface area contributed by atoms with E-state index in [9.17, 15) is 9.59 Å². The molecule has 0 aromatic carbocycles. The highest BCUT2D eigenvalue weighted by Crippen LogP contribution is 2.53. The Bertz CT molecular complexity index is 756. The van der Waals surface area contributed by atoms with Gasteiger partial charge in [0.15, 0.2) is 0 Å². The molecule has 0 saturated heterocycles. The van der Waals surface area contributed by atoms with Crippen LogP contribution in [0.25, 0.3) is 0 Å². The van der Waals surface area contributed by atoms with Crippen LogP contribution in [0.15, 0.2) is 23.3 Å². The topological polar surface area (TPSA) is 67.9 Å². The van der Waals surface area contributed by atoms with Crippen LogP contribution < -0.4 is 5.32 Å². The van der Waals surface area contributed by atoms with E-state index in [1.807, 2.05) is 0 Å². The third kappa shape index (κ3) is 8.37. The summed E-state index contributed by atoms with van der Waals surface area (Å²) in [5.41, 5.74) is 2.58. The Morgan fingerprint density at radius 2 is 1.57 bits per heavy atom. The van der Waals surface area contributed by atoms with Crippen LogP contribution in [-0.2, 0) is 14.3 Å². The molecule has 4 rings (SSSR count). The van der Waals surface area contributed by atoms with Crippen molar-refractivity contribution in [3.8, 4) is 0 Å². The Labute approximate surface area is 212 Å². The van der Waals surface area contributed by atoms with E-state index in [2.05, 4.69) is 38.2 Å². The lowest BCUT2D eigenvalue weighted by molar-refractivity contribution is -0.169. The molecule has 6 heteroatoms. The molecule has 4 aliphatic carbocycles. The van der Waals surface area contributed by atoms with Crippen molar-refractivity contribution < 1.29 is 19.1 Å². The molecule has 1 atom stereocenters. The van der Waals surface area contributed by atoms with Gasteiger partial charge in [0.2, 0.25) is 6.29 Å². The smallest absolute Gasteiger partial charge is 0.413 e. The van der Waals surface area contributed by atoms with Gasteiger partial charge in [-0.05, 0) is 89.4 Å². The van der Waals surface area contributed by atoms with Crippen molar-refractivity contribution in [3.05, 3.63) is 23.3 Å². The number of allylic oxidation sites excluding steroid dienone is 3. The van der Waals surface area contributed by atoms with Gasteiger partial charge in [-0.3, -0.25) is 4.79 Å². The summed E-state index contributed by atoms with van der Waals surface area (Å²) in [6.07, 6.45) is 12.0. The lowest BCUT2D eigenvalue weighted by Crippen LogP contribution is -2.55. The number of esters is 1. The van der Waals surface area contributed by atoms with E-state index in [0.717, 1.165) is 43.1 Å². The number of carbonyl (C=O) groups excluding carboxylic acids is 2. The Balaban J connectivity index is 1.54. The van der Waals surface area contributed by atoms with Gasteiger partial charge in [0.25, 0.3) is 0 Å². The van der Waals surface area contributed by atoms with E-state index in [4.69, 9.17) is 9.47 Å². The molecule has 0 aromatic heterocycles. The number of amides is 1. The molecule has 35 heavy (non-hydrogen) atoms. The molecule has 4 fully saturated rings. The molecule has 1 N–H and O–H groups in total. The van der Waals surface area contributed by atoms with Crippen LogP contribution in [0, 0.1) is 29.6 Å². The van der Waals surface area contributed by atoms with Crippen LogP contribution in [0.3, 0.4) is 0 Å². The van der Waals surface area contributed by atoms with Crippen molar-refractivity contribution in [3.63, 3.8) is 0 Å². The third-order valence-electron chi connectivity index (χ3n) is 8.02. The SMILES string of the molecule is CC(C)=CCC/C(C)=C/CN(CCNC1C2CC3CC(C2)CC1C3)C(=O)OC(C)OC(=O)C(C)C. The maximum Gasteiger partial charge on any atom is 0.413 e. The second kappa shape index (κ2) is 12.9. The normalized spacial score (nSPS) is 28.1. The molecule has 4 saturated carbocycles. The zero-order chi connectivity index (χ0) is 25.5. The Morgan fingerprint density at radius 3 is 2.14 bits per heavy atom. The maximum atomic E-state index is 13.0. The zero-order valence-electron chi connectivity index (χ0n) is 22.8. The summed E-state index contributed by atoms with van der Waals surface area (Å²) in [6, 6.07) is 0.591. The molecule has 0 heterocycles. The minimum absolute atomic E-state index is 0.260. The van der Waals surface area contributed by atoms with E-state index >= 15 is 0 Å². The third-order valence-corrected chi connectivity index (χ3v) is 8.02. The van der Waals surface area contributed by atoms with Crippen molar-refractivity contribution in [2.75, 3.05) is 19.6 Å². The van der Waals surface area contributed by atoms with E-state index in [1.54, 1.807) is 25.7 Å². The van der Waals surface area contributed by atoms with Gasteiger partial charge in [-0.15, -0.1) is 0 Å². The summed E-state index contributed by atoms with van der Waals surface area (Å²) in [6.45, 7) is 13.3. The molecular weight excluding hydrogens is 440 g/mol. The fourth-order valence-corrected chi connectivity index (χ4v) is 6.38. The molecule has 0 aromatic rings. The van der Waals surface area contributed by atoms with Gasteiger partial charge in [-0.25, -0.2) is 4.79 Å². The first-order chi connectivity index (χ1) is 16.6. The van der Waals surface area contributed by atoms with Crippen LogP contribution in [0.1, 0.15) is 86.5 Å². The lowest BCUT2D eigenvalue weighted by atomic mass is 9.54. The summed E-state index contributed by atoms with van der Waals surface area (Å²) >= 11 is 0. The minimum Gasteiger partial charge on any atom is -0.425 e. The molecule has 4 bridgehead atoms. The summed E-state index contributed by atoms with van der Waals surface area (Å²) in [5.74, 6) is 2.89. The largest absolute Gasteiger partial charge is 0.425 e. The summed E-state index contributed by atoms with van der Waals surface area (Å²) in [7, 11) is 0. The Morgan fingerprint density at radius 1 is 0.943 bits per heavy atom. The summed E-state index contributed by atoms with van der Waals surface area (Å²) in [5, 5.41) is 3.82. The first-order valence-electron chi connectivity index (χ1n) is 13.8. The molecule has 1 unspecified atom stereocenters. The summed E-state index contributed by atoms with van der Waals surface area (Å²) in [4.78, 5) is 26.6. The predicted octanol–water partition coefficient (Wildman–Crippen LogP) is 6.08. The highest BCUT2D eigenvalue weighted by molar-refractivity contribution is 5.72. The fraction of sp³-hybridized carbons (Fsp3) is 0.793. The quantitative estimate of drug-likeness (QED) is 0.205. The molecule has 198 valence electrons. The van der Waals surface area contributed by atoms with Crippen LogP contribution in [0.4, 0.5) is 4.79 Å². The first-order valence-corrected chi connectivity index (χ1v) is 13.8. The van der Waals surface area contributed by atoms with Crippen molar-refractivity contribution >= 4 is 12.1 Å². The van der Waals surface area contributed by atoms with Crippen molar-refractivity contribution in [1.29, 1.82) is 0 Å². The molecule has 0 aliphatic heterocycles. The second-order valence-electron chi connectivity index (χ2n) is 11.8. The van der Waals surface area contributed by atoms with Crippen molar-refractivity contribution in [1.82, 2.24) is 10.2 Å². The number of hydrogen-bond acceptors (Lipinski definition) is 5. The van der Waals surface area contributed by atoms with Gasteiger partial charge in [-0.2, -0.15) is 0 Å². The zero-order valence-corrected chi connectivity index (χ0v) is 22.8. The average molecular weight is 489 g/mol.